The van der Waals surface area contributed by atoms with Crippen molar-refractivity contribution in [1.82, 2.24) is 24.5 Å². The molecular formula is C21H27N5O. The van der Waals surface area contributed by atoms with E-state index in [9.17, 15) is 0 Å². The molecule has 1 fully saturated rings. The number of hydrogen-bond donors (Lipinski definition) is 0. The quantitative estimate of drug-likeness (QED) is 0.694. The van der Waals surface area contributed by atoms with E-state index in [0.717, 1.165) is 37.5 Å². The number of benzene rings is 1. The monoisotopic (exact) mass is 365 g/mol. The molecule has 0 spiro atoms. The van der Waals surface area contributed by atoms with Gasteiger partial charge in [0.25, 0.3) is 5.78 Å². The lowest BCUT2D eigenvalue weighted by Crippen LogP contribution is -2.34. The third-order valence-corrected chi connectivity index (χ3v) is 5.48. The molecule has 0 radical (unpaired) electrons. The van der Waals surface area contributed by atoms with Crippen LogP contribution >= 0.6 is 0 Å². The van der Waals surface area contributed by atoms with Crippen LogP contribution in [0.3, 0.4) is 0 Å². The third kappa shape index (κ3) is 3.67. The fourth-order valence-corrected chi connectivity index (χ4v) is 4.07. The van der Waals surface area contributed by atoms with Crippen molar-refractivity contribution in [3.05, 3.63) is 53.1 Å². The zero-order valence-corrected chi connectivity index (χ0v) is 16.4. The lowest BCUT2D eigenvalue weighted by atomic mass is 9.93. The Morgan fingerprint density at radius 3 is 2.96 bits per heavy atom. The molecule has 0 amide bonds. The van der Waals surface area contributed by atoms with Gasteiger partial charge in [-0.15, -0.1) is 0 Å². The number of rotatable bonds is 5. The second-order valence-corrected chi connectivity index (χ2v) is 7.37. The summed E-state index contributed by atoms with van der Waals surface area (Å²) in [6.45, 7) is 7.23. The first-order valence-electron chi connectivity index (χ1n) is 9.73. The summed E-state index contributed by atoms with van der Waals surface area (Å²) in [5, 5.41) is 4.40. The predicted octanol–water partition coefficient (Wildman–Crippen LogP) is 3.38. The van der Waals surface area contributed by atoms with Gasteiger partial charge in [0.05, 0.1) is 12.8 Å². The third-order valence-electron chi connectivity index (χ3n) is 5.48. The Morgan fingerprint density at radius 2 is 2.15 bits per heavy atom. The molecule has 3 aromatic rings. The number of methoxy groups -OCH3 is 1. The number of fused-ring (bicyclic) bond motifs is 1. The molecule has 4 rings (SSSR count). The highest BCUT2D eigenvalue weighted by molar-refractivity contribution is 5.38. The van der Waals surface area contributed by atoms with Crippen LogP contribution < -0.4 is 4.74 Å². The Balaban J connectivity index is 1.56. The number of hydrogen-bond acceptors (Lipinski definition) is 5. The zero-order valence-electron chi connectivity index (χ0n) is 16.4. The molecule has 1 aliphatic rings. The topological polar surface area (TPSA) is 55.6 Å². The summed E-state index contributed by atoms with van der Waals surface area (Å²) < 4.78 is 7.55. The maximum atomic E-state index is 5.65. The van der Waals surface area contributed by atoms with Crippen molar-refractivity contribution in [3.63, 3.8) is 0 Å². The van der Waals surface area contributed by atoms with Gasteiger partial charge in [0.1, 0.15) is 12.1 Å². The smallest absolute Gasteiger partial charge is 0.252 e. The molecule has 6 heteroatoms. The lowest BCUT2D eigenvalue weighted by molar-refractivity contribution is 0.195. The second kappa shape index (κ2) is 7.64. The van der Waals surface area contributed by atoms with Crippen molar-refractivity contribution in [2.24, 2.45) is 0 Å². The van der Waals surface area contributed by atoms with Gasteiger partial charge in [-0.1, -0.05) is 19.1 Å². The van der Waals surface area contributed by atoms with E-state index in [4.69, 9.17) is 4.74 Å². The van der Waals surface area contributed by atoms with Crippen LogP contribution in [-0.4, -0.2) is 44.7 Å². The number of ether oxygens (including phenoxy) is 1. The maximum Gasteiger partial charge on any atom is 0.252 e. The van der Waals surface area contributed by atoms with E-state index >= 15 is 0 Å². The molecule has 6 nitrogen and oxygen atoms in total. The van der Waals surface area contributed by atoms with Gasteiger partial charge in [-0.2, -0.15) is 10.1 Å². The fraction of sp³-hybridized carbons (Fsp3) is 0.476. The molecular weight excluding hydrogens is 338 g/mol. The van der Waals surface area contributed by atoms with E-state index in [0.29, 0.717) is 11.7 Å². The standard InChI is InChI=1S/C21H27N5O/c1-4-16-7-8-18(20(11-16)27-3)13-25-9-5-6-17(12-25)19-10-15(2)24-21-22-14-23-26(19)21/h7-8,10-11,14,17H,4-6,9,12-13H2,1-3H3. The normalized spacial score (nSPS) is 18.1. The van der Waals surface area contributed by atoms with Gasteiger partial charge >= 0.3 is 0 Å². The van der Waals surface area contributed by atoms with E-state index in [1.165, 1.54) is 29.7 Å². The van der Waals surface area contributed by atoms with Gasteiger partial charge in [-0.3, -0.25) is 4.90 Å². The summed E-state index contributed by atoms with van der Waals surface area (Å²) in [7, 11) is 1.76. The Kier molecular flexibility index (Phi) is 5.07. The summed E-state index contributed by atoms with van der Waals surface area (Å²) in [6.07, 6.45) is 4.96. The minimum atomic E-state index is 0.436. The van der Waals surface area contributed by atoms with E-state index in [1.54, 1.807) is 13.4 Å². The molecule has 1 atom stereocenters. The summed E-state index contributed by atoms with van der Waals surface area (Å²) >= 11 is 0. The maximum absolute atomic E-state index is 5.65. The fourth-order valence-electron chi connectivity index (χ4n) is 4.07. The van der Waals surface area contributed by atoms with Crippen LogP contribution in [0.4, 0.5) is 0 Å². The minimum Gasteiger partial charge on any atom is -0.496 e. The summed E-state index contributed by atoms with van der Waals surface area (Å²) in [6, 6.07) is 8.76. The van der Waals surface area contributed by atoms with Crippen LogP contribution in [0.2, 0.25) is 0 Å². The minimum absolute atomic E-state index is 0.436. The molecule has 0 N–H and O–H groups in total. The first kappa shape index (κ1) is 17.9. The van der Waals surface area contributed by atoms with Crippen LogP contribution in [0.5, 0.6) is 5.75 Å². The average Bonchev–Trinajstić information content (AvgIpc) is 3.16. The molecule has 142 valence electrons. The highest BCUT2D eigenvalue weighted by atomic mass is 16.5. The van der Waals surface area contributed by atoms with Crippen molar-refractivity contribution in [2.45, 2.75) is 45.6 Å². The van der Waals surface area contributed by atoms with Crippen molar-refractivity contribution >= 4 is 5.78 Å². The zero-order chi connectivity index (χ0) is 18.8. The Hall–Kier alpha value is -2.47. The summed E-state index contributed by atoms with van der Waals surface area (Å²) in [5.74, 6) is 2.12. The summed E-state index contributed by atoms with van der Waals surface area (Å²) in [5.41, 5.74) is 4.78. The molecule has 1 unspecified atom stereocenters. The summed E-state index contributed by atoms with van der Waals surface area (Å²) in [4.78, 5) is 11.3. The van der Waals surface area contributed by atoms with Crippen molar-refractivity contribution in [2.75, 3.05) is 20.2 Å². The van der Waals surface area contributed by atoms with Gasteiger partial charge in [-0.05, 0) is 50.4 Å². The Bertz CT molecular complexity index is 935. The molecule has 0 aliphatic carbocycles. The highest BCUT2D eigenvalue weighted by Crippen LogP contribution is 2.30. The van der Waals surface area contributed by atoms with Crippen molar-refractivity contribution in [3.8, 4) is 5.75 Å². The number of piperidine rings is 1. The number of aromatic nitrogens is 4. The van der Waals surface area contributed by atoms with Gasteiger partial charge in [0.15, 0.2) is 0 Å². The van der Waals surface area contributed by atoms with Gasteiger partial charge in [0, 0.05) is 30.3 Å². The molecule has 1 saturated heterocycles. The first-order valence-corrected chi connectivity index (χ1v) is 9.73. The van der Waals surface area contributed by atoms with Crippen LogP contribution in [0, 0.1) is 6.92 Å². The van der Waals surface area contributed by atoms with E-state index in [-0.39, 0.29) is 0 Å². The Morgan fingerprint density at radius 1 is 1.26 bits per heavy atom. The van der Waals surface area contributed by atoms with Crippen LogP contribution in [0.25, 0.3) is 5.78 Å². The molecule has 0 bridgehead atoms. The SMILES string of the molecule is CCc1ccc(CN2CCCC(c3cc(C)nc4ncnn34)C2)c(OC)c1. The molecule has 2 aromatic heterocycles. The first-order chi connectivity index (χ1) is 13.2. The van der Waals surface area contributed by atoms with Crippen LogP contribution in [-0.2, 0) is 13.0 Å². The molecule has 0 saturated carbocycles. The van der Waals surface area contributed by atoms with Gasteiger partial charge in [0.2, 0.25) is 0 Å². The van der Waals surface area contributed by atoms with Gasteiger partial charge in [-0.25, -0.2) is 9.50 Å². The second-order valence-electron chi connectivity index (χ2n) is 7.37. The van der Waals surface area contributed by atoms with Crippen molar-refractivity contribution < 1.29 is 4.74 Å². The lowest BCUT2D eigenvalue weighted by Gasteiger charge is -2.33. The van der Waals surface area contributed by atoms with E-state index in [1.807, 2.05) is 11.4 Å². The molecule has 1 aromatic carbocycles. The van der Waals surface area contributed by atoms with Crippen LogP contribution in [0.15, 0.2) is 30.6 Å². The van der Waals surface area contributed by atoms with Crippen LogP contribution in [0.1, 0.15) is 48.2 Å². The van der Waals surface area contributed by atoms with Crippen molar-refractivity contribution in [1.29, 1.82) is 0 Å². The van der Waals surface area contributed by atoms with Gasteiger partial charge < -0.3 is 4.74 Å². The average molecular weight is 365 g/mol. The van der Waals surface area contributed by atoms with E-state index in [2.05, 4.69) is 51.2 Å². The predicted molar refractivity (Wildman–Crippen MR) is 105 cm³/mol. The number of aryl methyl sites for hydroxylation is 2. The molecule has 1 aliphatic heterocycles. The number of likely N-dealkylation sites (tertiary alicyclic amines) is 1. The molecule has 27 heavy (non-hydrogen) atoms. The van der Waals surface area contributed by atoms with E-state index < -0.39 is 0 Å². The highest BCUT2D eigenvalue weighted by Gasteiger charge is 2.25. The Labute approximate surface area is 160 Å². The molecule has 3 heterocycles. The number of nitrogens with zero attached hydrogens (tertiary/aromatic N) is 5. The largest absolute Gasteiger partial charge is 0.496 e.